The van der Waals surface area contributed by atoms with E-state index in [-0.39, 0.29) is 32.5 Å². The molecule has 0 radical (unpaired) electrons. The Morgan fingerprint density at radius 2 is 0.811 bits per heavy atom. The molecule has 0 saturated carbocycles. The first-order chi connectivity index (χ1) is 23.6. The van der Waals surface area contributed by atoms with Gasteiger partial charge in [0.15, 0.2) is 0 Å². The summed E-state index contributed by atoms with van der Waals surface area (Å²) in [4.78, 5) is 0. The molecule has 0 heterocycles. The maximum absolute atomic E-state index is 9.53. The zero-order valence-electron chi connectivity index (χ0n) is 36.9. The summed E-state index contributed by atoms with van der Waals surface area (Å²) in [6.07, 6.45) is -1.25. The van der Waals surface area contributed by atoms with Crippen LogP contribution in [0, 0.1) is 48.5 Å². The van der Waals surface area contributed by atoms with E-state index in [9.17, 15) is 15.3 Å². The van der Waals surface area contributed by atoms with Gasteiger partial charge in [0.1, 0.15) is 0 Å². The van der Waals surface area contributed by atoms with Gasteiger partial charge in [-0.1, -0.05) is 214 Å². The molecule has 0 aliphatic rings. The van der Waals surface area contributed by atoms with Gasteiger partial charge in [0.2, 0.25) is 0 Å². The van der Waals surface area contributed by atoms with E-state index >= 15 is 0 Å². The summed E-state index contributed by atoms with van der Waals surface area (Å²) in [6.45, 7) is 39.8. The third-order valence-electron chi connectivity index (χ3n) is 8.91. The monoisotopic (exact) mass is 772 g/mol. The molecule has 0 spiro atoms. The summed E-state index contributed by atoms with van der Waals surface area (Å²) in [7, 11) is -1.57. The SMILES string of the molecule is CC(C)[O-].CC(C)[O-].CC(C)[O-].Cc1cc(C)cc([SiH](C[c-]2c(C)c(C)c(C)c2-c2cc(C(C)(C)C)cc(C(C)(C)C)c2)c2cc(C)cc(C)c2)c1.[Ti+4]. The van der Waals surface area contributed by atoms with E-state index in [4.69, 9.17) is 0 Å². The van der Waals surface area contributed by atoms with Gasteiger partial charge in [0, 0.05) is 0 Å². The maximum Gasteiger partial charge on any atom is 4.00 e. The summed E-state index contributed by atoms with van der Waals surface area (Å²) in [5.74, 6) is 0. The molecule has 4 aromatic rings. The fraction of sp³-hybridized carbons (Fsp3) is 0.521. The van der Waals surface area contributed by atoms with E-state index < -0.39 is 27.1 Å². The van der Waals surface area contributed by atoms with Crippen LogP contribution in [0.4, 0.5) is 0 Å². The van der Waals surface area contributed by atoms with Gasteiger partial charge in [-0.3, -0.25) is 0 Å². The Labute approximate surface area is 342 Å². The summed E-state index contributed by atoms with van der Waals surface area (Å²) in [5, 5.41) is 31.7. The Hall–Kier alpha value is -2.18. The third kappa shape index (κ3) is 17.0. The van der Waals surface area contributed by atoms with Crippen molar-refractivity contribution in [2.75, 3.05) is 0 Å². The molecule has 4 rings (SSSR count). The number of hydrogen-bond donors (Lipinski definition) is 0. The van der Waals surface area contributed by atoms with Crippen molar-refractivity contribution in [1.29, 1.82) is 0 Å². The van der Waals surface area contributed by atoms with Crippen molar-refractivity contribution >= 4 is 19.2 Å². The fourth-order valence-corrected chi connectivity index (χ4v) is 10.1. The first-order valence-corrected chi connectivity index (χ1v) is 21.2. The average molecular weight is 773 g/mol. The van der Waals surface area contributed by atoms with E-state index in [0.717, 1.165) is 6.04 Å². The van der Waals surface area contributed by atoms with Gasteiger partial charge in [-0.05, 0) is 38.5 Å². The smallest absolute Gasteiger partial charge is 0.852 e. The predicted molar refractivity (Wildman–Crippen MR) is 226 cm³/mol. The average Bonchev–Trinajstić information content (AvgIpc) is 3.15. The van der Waals surface area contributed by atoms with Gasteiger partial charge in [0.25, 0.3) is 0 Å². The number of aryl methyl sites for hydroxylation is 4. The second-order valence-electron chi connectivity index (χ2n) is 17.8. The van der Waals surface area contributed by atoms with Crippen molar-refractivity contribution in [1.82, 2.24) is 0 Å². The molecule has 3 nitrogen and oxygen atoms in total. The molecular formula is C48H72O3SiTi. The molecule has 0 saturated heterocycles. The van der Waals surface area contributed by atoms with Crippen LogP contribution >= 0.6 is 0 Å². The van der Waals surface area contributed by atoms with Crippen LogP contribution in [-0.2, 0) is 38.6 Å². The molecule has 4 aromatic carbocycles. The van der Waals surface area contributed by atoms with E-state index in [2.05, 4.69) is 145 Å². The van der Waals surface area contributed by atoms with Crippen molar-refractivity contribution in [2.24, 2.45) is 0 Å². The molecule has 0 aliphatic heterocycles. The van der Waals surface area contributed by atoms with Crippen molar-refractivity contribution in [3.05, 3.63) is 110 Å². The second kappa shape index (κ2) is 21.8. The minimum Gasteiger partial charge on any atom is -0.852 e. The van der Waals surface area contributed by atoms with Crippen molar-refractivity contribution in [3.63, 3.8) is 0 Å². The van der Waals surface area contributed by atoms with Crippen LogP contribution in [0.25, 0.3) is 11.1 Å². The van der Waals surface area contributed by atoms with Crippen LogP contribution < -0.4 is 25.7 Å². The Kier molecular flexibility index (Phi) is 20.9. The number of rotatable bonds is 5. The van der Waals surface area contributed by atoms with Gasteiger partial charge >= 0.3 is 21.7 Å². The van der Waals surface area contributed by atoms with Crippen LogP contribution in [-0.4, -0.2) is 27.1 Å². The Bertz CT molecular complexity index is 1570. The molecule has 0 amide bonds. The second-order valence-corrected chi connectivity index (χ2v) is 20.6. The summed E-state index contributed by atoms with van der Waals surface area (Å²) in [6, 6.07) is 23.1. The normalized spacial score (nSPS) is 11.4. The van der Waals surface area contributed by atoms with Gasteiger partial charge in [-0.25, -0.2) is 0 Å². The Balaban J connectivity index is 0.00000182. The summed E-state index contributed by atoms with van der Waals surface area (Å²) >= 11 is 0. The zero-order chi connectivity index (χ0) is 40.5. The summed E-state index contributed by atoms with van der Waals surface area (Å²) < 4.78 is 0. The third-order valence-corrected chi connectivity index (χ3v) is 12.0. The van der Waals surface area contributed by atoms with E-state index in [1.807, 2.05) is 0 Å². The molecule has 290 valence electrons. The van der Waals surface area contributed by atoms with Crippen LogP contribution in [0.2, 0.25) is 0 Å². The minimum atomic E-state index is -1.57. The first kappa shape index (κ1) is 50.8. The van der Waals surface area contributed by atoms with E-state index in [0.29, 0.717) is 0 Å². The van der Waals surface area contributed by atoms with Crippen LogP contribution in [0.3, 0.4) is 0 Å². The van der Waals surface area contributed by atoms with Crippen molar-refractivity contribution in [2.45, 2.75) is 167 Å². The first-order valence-electron chi connectivity index (χ1n) is 19.2. The molecule has 0 aromatic heterocycles. The minimum absolute atomic E-state index is 0. The molecule has 0 atom stereocenters. The topological polar surface area (TPSA) is 69.2 Å². The quantitative estimate of drug-likeness (QED) is 0.152. The van der Waals surface area contributed by atoms with E-state index in [1.165, 1.54) is 61.2 Å². The molecule has 0 unspecified atom stereocenters. The molecule has 53 heavy (non-hydrogen) atoms. The Morgan fingerprint density at radius 3 is 1.09 bits per heavy atom. The number of benzene rings is 3. The molecular weight excluding hydrogens is 700 g/mol. The van der Waals surface area contributed by atoms with Crippen molar-refractivity contribution in [3.8, 4) is 11.1 Å². The zero-order valence-corrected chi connectivity index (χ0v) is 39.7. The predicted octanol–water partition coefficient (Wildman–Crippen LogP) is 8.21. The van der Waals surface area contributed by atoms with Crippen LogP contribution in [0.15, 0.2) is 54.6 Å². The summed E-state index contributed by atoms with van der Waals surface area (Å²) in [5.41, 5.74) is 17.4. The van der Waals surface area contributed by atoms with Gasteiger partial charge < -0.3 is 15.3 Å². The van der Waals surface area contributed by atoms with E-state index in [1.54, 1.807) is 57.5 Å². The molecule has 5 heteroatoms. The molecule has 0 bridgehead atoms. The van der Waals surface area contributed by atoms with Crippen molar-refractivity contribution < 1.29 is 37.0 Å². The largest absolute Gasteiger partial charge is 4.00 e. The van der Waals surface area contributed by atoms with Gasteiger partial charge in [0.05, 0.1) is 8.80 Å². The van der Waals surface area contributed by atoms with Gasteiger partial charge in [-0.15, -0.1) is 35.0 Å². The molecule has 0 fully saturated rings. The standard InChI is InChI=1S/C39H51Si.3C3H7O.Ti/c1-24-14-25(2)17-34(16-24)40(35-18-26(3)15-27(4)19-35)23-36-29(6)28(5)30(7)37(36)31-20-32(38(8,9)10)22-33(21-31)39(11,12)13;3*1-3(2)4;/h14-22,40H,23H2,1-13H3;3*3H,1-2H3;/q4*-1;+4. The fourth-order valence-electron chi connectivity index (χ4n) is 6.45. The molecule has 0 aliphatic carbocycles. The molecule has 0 N–H and O–H groups in total. The van der Waals surface area contributed by atoms with Gasteiger partial charge in [-0.2, -0.15) is 11.1 Å². The van der Waals surface area contributed by atoms with Crippen LogP contribution in [0.5, 0.6) is 0 Å². The van der Waals surface area contributed by atoms with Crippen LogP contribution in [0.1, 0.15) is 139 Å². The number of hydrogen-bond acceptors (Lipinski definition) is 3. The maximum atomic E-state index is 9.53. The Morgan fingerprint density at radius 1 is 0.509 bits per heavy atom.